The molecule has 0 bridgehead atoms. The first-order valence-corrected chi connectivity index (χ1v) is 9.43. The Morgan fingerprint density at radius 1 is 1.11 bits per heavy atom. The van der Waals surface area contributed by atoms with Crippen molar-refractivity contribution in [1.82, 2.24) is 0 Å². The molecule has 0 aliphatic carbocycles. The topological polar surface area (TPSA) is 81.8 Å². The van der Waals surface area contributed by atoms with Crippen molar-refractivity contribution < 1.29 is 14.5 Å². The number of carbonyl (C=O) groups is 1. The van der Waals surface area contributed by atoms with Crippen molar-refractivity contribution in [2.75, 3.05) is 0 Å². The monoisotopic (exact) mass is 378 g/mol. The highest BCUT2D eigenvalue weighted by atomic mass is 16.6. The van der Waals surface area contributed by atoms with Crippen LogP contribution in [0.25, 0.3) is 6.08 Å². The molecule has 6 nitrogen and oxygen atoms in total. The minimum atomic E-state index is -0.565. The molecule has 0 fully saturated rings. The predicted octanol–water partition coefficient (Wildman–Crippen LogP) is 5.06. The van der Waals surface area contributed by atoms with Gasteiger partial charge in [0.2, 0.25) is 5.90 Å². The zero-order valence-corrected chi connectivity index (χ0v) is 15.8. The minimum Gasteiger partial charge on any atom is -0.402 e. The Morgan fingerprint density at radius 2 is 1.89 bits per heavy atom. The van der Waals surface area contributed by atoms with E-state index in [2.05, 4.69) is 11.9 Å². The second-order valence-electron chi connectivity index (χ2n) is 6.70. The molecule has 0 unspecified atom stereocenters. The Kier molecular flexibility index (Phi) is 6.32. The summed E-state index contributed by atoms with van der Waals surface area (Å²) in [6.07, 6.45) is 7.39. The van der Waals surface area contributed by atoms with Gasteiger partial charge >= 0.3 is 5.97 Å². The Hall–Kier alpha value is -3.28. The van der Waals surface area contributed by atoms with E-state index in [0.717, 1.165) is 12.0 Å². The lowest BCUT2D eigenvalue weighted by molar-refractivity contribution is -0.384. The SMILES string of the molecule is CCCCCCc1ccc(C2=NC(=Cc3cccc([N+](=O)[O-])c3)C(=O)O2)cc1. The number of aryl methyl sites for hydroxylation is 1. The second kappa shape index (κ2) is 9.08. The van der Waals surface area contributed by atoms with Crippen LogP contribution in [0.3, 0.4) is 0 Å². The molecule has 144 valence electrons. The number of carbonyl (C=O) groups excluding carboxylic acids is 1. The summed E-state index contributed by atoms with van der Waals surface area (Å²) in [7, 11) is 0. The van der Waals surface area contributed by atoms with Crippen molar-refractivity contribution in [1.29, 1.82) is 0 Å². The largest absolute Gasteiger partial charge is 0.402 e. The first kappa shape index (κ1) is 19.5. The summed E-state index contributed by atoms with van der Waals surface area (Å²) in [6.45, 7) is 2.19. The van der Waals surface area contributed by atoms with E-state index in [4.69, 9.17) is 4.74 Å². The number of nitro benzene ring substituents is 1. The smallest absolute Gasteiger partial charge is 0.363 e. The molecule has 2 aromatic carbocycles. The summed E-state index contributed by atoms with van der Waals surface area (Å²) in [5, 5.41) is 10.9. The maximum atomic E-state index is 12.1. The number of nitrogens with zero attached hydrogens (tertiary/aromatic N) is 2. The zero-order chi connectivity index (χ0) is 19.9. The lowest BCUT2D eigenvalue weighted by Gasteiger charge is -2.03. The fraction of sp³-hybridized carbons (Fsp3) is 0.273. The quantitative estimate of drug-likeness (QED) is 0.211. The summed E-state index contributed by atoms with van der Waals surface area (Å²) in [5.74, 6) is -0.315. The van der Waals surface area contributed by atoms with Crippen LogP contribution in [-0.2, 0) is 16.0 Å². The molecule has 2 aromatic rings. The highest BCUT2D eigenvalue weighted by molar-refractivity contribution is 6.12. The van der Waals surface area contributed by atoms with Gasteiger partial charge in [0.15, 0.2) is 5.70 Å². The van der Waals surface area contributed by atoms with Crippen LogP contribution in [0.1, 0.15) is 49.3 Å². The number of unbranched alkanes of at least 4 members (excludes halogenated alkanes) is 3. The molecule has 6 heteroatoms. The van der Waals surface area contributed by atoms with Crippen LogP contribution < -0.4 is 0 Å². The molecule has 0 spiro atoms. The Labute approximate surface area is 163 Å². The van der Waals surface area contributed by atoms with Crippen LogP contribution in [0.2, 0.25) is 0 Å². The Bertz CT molecular complexity index is 930. The first-order valence-electron chi connectivity index (χ1n) is 9.43. The molecule has 1 heterocycles. The Morgan fingerprint density at radius 3 is 2.61 bits per heavy atom. The third-order valence-electron chi connectivity index (χ3n) is 4.52. The van der Waals surface area contributed by atoms with E-state index in [-0.39, 0.29) is 17.3 Å². The maximum Gasteiger partial charge on any atom is 0.363 e. The van der Waals surface area contributed by atoms with E-state index in [9.17, 15) is 14.9 Å². The molecule has 0 saturated heterocycles. The van der Waals surface area contributed by atoms with E-state index in [1.807, 2.05) is 24.3 Å². The van der Waals surface area contributed by atoms with Gasteiger partial charge in [0.1, 0.15) is 0 Å². The third kappa shape index (κ3) is 4.91. The Balaban J connectivity index is 1.73. The number of hydrogen-bond acceptors (Lipinski definition) is 5. The second-order valence-corrected chi connectivity index (χ2v) is 6.70. The molecule has 0 aromatic heterocycles. The number of ether oxygens (including phenoxy) is 1. The van der Waals surface area contributed by atoms with Gasteiger partial charge in [-0.3, -0.25) is 10.1 Å². The lowest BCUT2D eigenvalue weighted by atomic mass is 10.0. The van der Waals surface area contributed by atoms with Crippen LogP contribution in [-0.4, -0.2) is 16.8 Å². The molecular weight excluding hydrogens is 356 g/mol. The van der Waals surface area contributed by atoms with Gasteiger partial charge in [-0.2, -0.15) is 0 Å². The average Bonchev–Trinajstić information content (AvgIpc) is 3.06. The molecule has 3 rings (SSSR count). The number of nitro groups is 1. The number of aliphatic imine (C=N–C) groups is 1. The number of benzene rings is 2. The predicted molar refractivity (Wildman–Crippen MR) is 108 cm³/mol. The van der Waals surface area contributed by atoms with Gasteiger partial charge in [-0.05, 0) is 42.2 Å². The number of cyclic esters (lactones) is 1. The molecule has 0 atom stereocenters. The first-order chi connectivity index (χ1) is 13.6. The van der Waals surface area contributed by atoms with E-state index < -0.39 is 10.9 Å². The van der Waals surface area contributed by atoms with E-state index in [1.165, 1.54) is 49.5 Å². The average molecular weight is 378 g/mol. The van der Waals surface area contributed by atoms with Gasteiger partial charge in [-0.1, -0.05) is 50.5 Å². The van der Waals surface area contributed by atoms with E-state index in [0.29, 0.717) is 5.56 Å². The minimum absolute atomic E-state index is 0.0422. The number of non-ortho nitro benzene ring substituents is 1. The van der Waals surface area contributed by atoms with Gasteiger partial charge < -0.3 is 4.74 Å². The number of hydrogen-bond donors (Lipinski definition) is 0. The van der Waals surface area contributed by atoms with E-state index >= 15 is 0 Å². The fourth-order valence-electron chi connectivity index (χ4n) is 2.99. The van der Waals surface area contributed by atoms with Crippen LogP contribution in [0.15, 0.2) is 59.2 Å². The third-order valence-corrected chi connectivity index (χ3v) is 4.52. The molecule has 0 N–H and O–H groups in total. The molecular formula is C22H22N2O4. The summed E-state index contributed by atoms with van der Waals surface area (Å²) in [6, 6.07) is 13.9. The number of esters is 1. The van der Waals surface area contributed by atoms with Gasteiger partial charge in [-0.15, -0.1) is 0 Å². The van der Waals surface area contributed by atoms with Crippen LogP contribution in [0.4, 0.5) is 5.69 Å². The molecule has 0 saturated carbocycles. The fourth-order valence-corrected chi connectivity index (χ4v) is 2.99. The zero-order valence-electron chi connectivity index (χ0n) is 15.8. The van der Waals surface area contributed by atoms with Crippen molar-refractivity contribution in [3.05, 3.63) is 81.0 Å². The van der Waals surface area contributed by atoms with Crippen LogP contribution >= 0.6 is 0 Å². The normalized spacial score (nSPS) is 14.8. The van der Waals surface area contributed by atoms with Crippen molar-refractivity contribution in [2.45, 2.75) is 39.0 Å². The van der Waals surface area contributed by atoms with Crippen molar-refractivity contribution in [2.24, 2.45) is 4.99 Å². The van der Waals surface area contributed by atoms with Gasteiger partial charge in [-0.25, -0.2) is 9.79 Å². The van der Waals surface area contributed by atoms with Gasteiger partial charge in [0.25, 0.3) is 5.69 Å². The highest BCUT2D eigenvalue weighted by Crippen LogP contribution is 2.21. The summed E-state index contributed by atoms with van der Waals surface area (Å²) in [5.41, 5.74) is 2.58. The lowest BCUT2D eigenvalue weighted by Crippen LogP contribution is -2.05. The molecule has 1 aliphatic rings. The van der Waals surface area contributed by atoms with Gasteiger partial charge in [0.05, 0.1) is 4.92 Å². The van der Waals surface area contributed by atoms with Crippen molar-refractivity contribution in [3.8, 4) is 0 Å². The summed E-state index contributed by atoms with van der Waals surface area (Å²) < 4.78 is 5.27. The summed E-state index contributed by atoms with van der Waals surface area (Å²) >= 11 is 0. The molecule has 0 radical (unpaired) electrons. The molecule has 1 aliphatic heterocycles. The van der Waals surface area contributed by atoms with Crippen LogP contribution in [0, 0.1) is 10.1 Å². The maximum absolute atomic E-state index is 12.1. The summed E-state index contributed by atoms with van der Waals surface area (Å²) in [4.78, 5) is 26.8. The molecule has 28 heavy (non-hydrogen) atoms. The van der Waals surface area contributed by atoms with Crippen molar-refractivity contribution >= 4 is 23.6 Å². The van der Waals surface area contributed by atoms with Crippen LogP contribution in [0.5, 0.6) is 0 Å². The standard InChI is InChI=1S/C22H22N2O4/c1-2-3-4-5-7-16-10-12-18(13-11-16)21-23-20(22(25)28-21)15-17-8-6-9-19(14-17)24(26)27/h6,8-15H,2-5,7H2,1H3. The molecule has 0 amide bonds. The van der Waals surface area contributed by atoms with Gasteiger partial charge in [0, 0.05) is 17.7 Å². The van der Waals surface area contributed by atoms with E-state index in [1.54, 1.807) is 12.1 Å². The number of rotatable bonds is 8. The van der Waals surface area contributed by atoms with Crippen molar-refractivity contribution in [3.63, 3.8) is 0 Å². The highest BCUT2D eigenvalue weighted by Gasteiger charge is 2.24.